The predicted molar refractivity (Wildman–Crippen MR) is 99.8 cm³/mol. The van der Waals surface area contributed by atoms with Crippen LogP contribution in [-0.4, -0.2) is 36.0 Å². The van der Waals surface area contributed by atoms with Crippen LogP contribution >= 0.6 is 11.8 Å². The van der Waals surface area contributed by atoms with Gasteiger partial charge in [0.15, 0.2) is 10.8 Å². The number of benzene rings is 2. The van der Waals surface area contributed by atoms with E-state index >= 15 is 0 Å². The number of aromatic nitrogens is 4. The Bertz CT molecular complexity index is 1000. The Balaban J connectivity index is 1.86. The average molecular weight is 383 g/mol. The molecule has 0 spiro atoms. The lowest BCUT2D eigenvalue weighted by atomic mass is 10.3. The van der Waals surface area contributed by atoms with E-state index in [-0.39, 0.29) is 22.2 Å². The van der Waals surface area contributed by atoms with E-state index in [0.29, 0.717) is 5.16 Å². The van der Waals surface area contributed by atoms with Gasteiger partial charge in [0.1, 0.15) is 5.69 Å². The Morgan fingerprint density at radius 3 is 2.59 bits per heavy atom. The highest BCUT2D eigenvalue weighted by Gasteiger charge is 2.17. The third-order valence-electron chi connectivity index (χ3n) is 3.31. The number of carbonyl (C=O) groups excluding carboxylic acids is 1. The van der Waals surface area contributed by atoms with Crippen molar-refractivity contribution in [2.45, 2.75) is 12.1 Å². The number of nitrogens with one attached hydrogen (secondary N) is 1. The summed E-state index contributed by atoms with van der Waals surface area (Å²) in [6.07, 6.45) is 0. The van der Waals surface area contributed by atoms with Crippen LogP contribution in [0.4, 0.5) is 11.4 Å². The number of rotatable bonds is 6. The highest BCUT2D eigenvalue weighted by Crippen LogP contribution is 2.24. The fourth-order valence-corrected chi connectivity index (χ4v) is 2.79. The first-order valence-electron chi connectivity index (χ1n) is 7.66. The van der Waals surface area contributed by atoms with Crippen LogP contribution in [-0.2, 0) is 4.79 Å². The smallest absolute Gasteiger partial charge is 0.292 e. The molecule has 0 saturated heterocycles. The minimum atomic E-state index is -0.533. The summed E-state index contributed by atoms with van der Waals surface area (Å²) in [6.45, 7) is 1.34. The van der Waals surface area contributed by atoms with Crippen LogP contribution in [0, 0.1) is 10.1 Å². The molecule has 0 radical (unpaired) electrons. The molecule has 0 unspecified atom stereocenters. The lowest BCUT2D eigenvalue weighted by molar-refractivity contribution is -0.384. The topological polar surface area (TPSA) is 128 Å². The fraction of sp³-hybridized carbons (Fsp3) is 0.0625. The lowest BCUT2D eigenvalue weighted by Gasteiger charge is -2.06. The molecule has 0 aliphatic rings. The van der Waals surface area contributed by atoms with Crippen molar-refractivity contribution in [3.63, 3.8) is 0 Å². The maximum absolute atomic E-state index is 12.0. The number of tetrazole rings is 1. The van der Waals surface area contributed by atoms with Gasteiger partial charge in [-0.05, 0) is 40.4 Å². The van der Waals surface area contributed by atoms with Crippen molar-refractivity contribution in [1.82, 2.24) is 20.2 Å². The Labute approximate surface area is 157 Å². The maximum Gasteiger partial charge on any atom is 0.294 e. The van der Waals surface area contributed by atoms with Gasteiger partial charge in [-0.3, -0.25) is 20.3 Å². The van der Waals surface area contributed by atoms with Gasteiger partial charge >= 0.3 is 0 Å². The van der Waals surface area contributed by atoms with E-state index in [1.807, 2.05) is 30.3 Å². The van der Waals surface area contributed by atoms with Gasteiger partial charge in [0.2, 0.25) is 5.16 Å². The summed E-state index contributed by atoms with van der Waals surface area (Å²) >= 11 is 0.953. The largest absolute Gasteiger partial charge is 0.294 e. The van der Waals surface area contributed by atoms with Gasteiger partial charge < -0.3 is 0 Å². The van der Waals surface area contributed by atoms with E-state index < -0.39 is 4.92 Å². The Morgan fingerprint density at radius 2 is 1.89 bits per heavy atom. The third-order valence-corrected chi connectivity index (χ3v) is 4.32. The van der Waals surface area contributed by atoms with Gasteiger partial charge in [-0.2, -0.15) is 9.78 Å². The average Bonchev–Trinajstić information content (AvgIpc) is 3.14. The molecule has 0 atom stereocenters. The van der Waals surface area contributed by atoms with E-state index in [4.69, 9.17) is 0 Å². The van der Waals surface area contributed by atoms with Crippen molar-refractivity contribution in [3.8, 4) is 5.69 Å². The summed E-state index contributed by atoms with van der Waals surface area (Å²) in [6, 6.07) is 15.2. The van der Waals surface area contributed by atoms with Gasteiger partial charge in [0.05, 0.1) is 10.6 Å². The third kappa shape index (κ3) is 4.33. The number of hydrogen-bond donors (Lipinski definition) is 1. The number of Topliss-reactive ketones (excluding diaryl/α,β-unsaturated/α-hetero) is 1. The van der Waals surface area contributed by atoms with Crippen molar-refractivity contribution in [2.75, 3.05) is 5.43 Å². The SMILES string of the molecule is CC(=O)/C(=N/Nc1ccccc1[N+](=O)[O-])Sc1nnnn1-c1ccccc1. The van der Waals surface area contributed by atoms with Crippen molar-refractivity contribution < 1.29 is 9.72 Å². The maximum atomic E-state index is 12.0. The van der Waals surface area contributed by atoms with Crippen LogP contribution in [0.5, 0.6) is 0 Å². The zero-order valence-electron chi connectivity index (χ0n) is 14.0. The molecular formula is C16H13N7O3S. The minimum Gasteiger partial charge on any atom is -0.292 e. The number of carbonyl (C=O) groups is 1. The molecule has 0 saturated carbocycles. The highest BCUT2D eigenvalue weighted by molar-refractivity contribution is 8.15. The molecule has 0 amide bonds. The minimum absolute atomic E-state index is 0.0557. The van der Waals surface area contributed by atoms with Crippen LogP contribution in [0.15, 0.2) is 64.9 Å². The lowest BCUT2D eigenvalue weighted by Crippen LogP contribution is -2.10. The number of hydrazone groups is 1. The first-order chi connectivity index (χ1) is 13.1. The quantitative estimate of drug-likeness (QED) is 0.226. The van der Waals surface area contributed by atoms with E-state index in [2.05, 4.69) is 26.1 Å². The van der Waals surface area contributed by atoms with Gasteiger partial charge in [0.25, 0.3) is 5.69 Å². The molecule has 1 heterocycles. The van der Waals surface area contributed by atoms with E-state index in [1.165, 1.54) is 23.7 Å². The summed E-state index contributed by atoms with van der Waals surface area (Å²) in [5.41, 5.74) is 3.32. The summed E-state index contributed by atoms with van der Waals surface area (Å²) in [5.74, 6) is -0.339. The molecule has 0 aliphatic carbocycles. The molecule has 2 aromatic carbocycles. The molecule has 136 valence electrons. The second-order valence-electron chi connectivity index (χ2n) is 5.17. The van der Waals surface area contributed by atoms with E-state index in [1.54, 1.807) is 12.1 Å². The van der Waals surface area contributed by atoms with Crippen molar-refractivity contribution in [1.29, 1.82) is 0 Å². The van der Waals surface area contributed by atoms with Crippen LogP contribution in [0.2, 0.25) is 0 Å². The Hall–Kier alpha value is -3.60. The molecule has 1 N–H and O–H groups in total. The molecule has 10 nitrogen and oxygen atoms in total. The number of nitrogens with zero attached hydrogens (tertiary/aromatic N) is 6. The molecule has 0 bridgehead atoms. The fourth-order valence-electron chi connectivity index (χ4n) is 2.07. The first kappa shape index (κ1) is 18.2. The Morgan fingerprint density at radius 1 is 1.19 bits per heavy atom. The molecule has 0 fully saturated rings. The number of nitro benzene ring substituents is 1. The number of hydrogen-bond acceptors (Lipinski definition) is 9. The number of thioether (sulfide) groups is 1. The number of para-hydroxylation sites is 3. The predicted octanol–water partition coefficient (Wildman–Crippen LogP) is 2.68. The van der Waals surface area contributed by atoms with Crippen LogP contribution in [0.1, 0.15) is 6.92 Å². The van der Waals surface area contributed by atoms with Gasteiger partial charge in [-0.1, -0.05) is 30.3 Å². The number of anilines is 1. The van der Waals surface area contributed by atoms with E-state index in [0.717, 1.165) is 17.4 Å². The zero-order chi connectivity index (χ0) is 19.2. The molecular weight excluding hydrogens is 370 g/mol. The molecule has 1 aromatic heterocycles. The van der Waals surface area contributed by atoms with Crippen molar-refractivity contribution >= 4 is 34.0 Å². The second-order valence-corrected chi connectivity index (χ2v) is 6.13. The highest BCUT2D eigenvalue weighted by atomic mass is 32.2. The van der Waals surface area contributed by atoms with E-state index in [9.17, 15) is 14.9 Å². The summed E-state index contributed by atoms with van der Waals surface area (Å²) in [5, 5.41) is 26.9. The zero-order valence-corrected chi connectivity index (χ0v) is 14.8. The summed E-state index contributed by atoms with van der Waals surface area (Å²) < 4.78 is 1.47. The molecule has 11 heteroatoms. The normalized spacial score (nSPS) is 11.2. The standard InChI is InChI=1S/C16H13N7O3S/c1-11(24)15(18-17-13-9-5-6-10-14(13)23(25)26)27-16-19-20-21-22(16)12-7-3-2-4-8-12/h2-10,17H,1H3/b18-15-. The van der Waals surface area contributed by atoms with Crippen molar-refractivity contribution in [3.05, 3.63) is 64.7 Å². The van der Waals surface area contributed by atoms with Crippen molar-refractivity contribution in [2.24, 2.45) is 5.10 Å². The number of nitro groups is 1. The van der Waals surface area contributed by atoms with Crippen LogP contribution < -0.4 is 5.43 Å². The van der Waals surface area contributed by atoms with Crippen LogP contribution in [0.25, 0.3) is 5.69 Å². The summed E-state index contributed by atoms with van der Waals surface area (Å²) in [4.78, 5) is 22.5. The van der Waals surface area contributed by atoms with Gasteiger partial charge in [-0.15, -0.1) is 5.10 Å². The molecule has 3 aromatic rings. The van der Waals surface area contributed by atoms with Crippen LogP contribution in [0.3, 0.4) is 0 Å². The molecule has 0 aliphatic heterocycles. The molecule has 27 heavy (non-hydrogen) atoms. The Kier molecular flexibility index (Phi) is 5.52. The van der Waals surface area contributed by atoms with Gasteiger partial charge in [0, 0.05) is 13.0 Å². The first-order valence-corrected chi connectivity index (χ1v) is 8.47. The van der Waals surface area contributed by atoms with Gasteiger partial charge in [-0.25, -0.2) is 0 Å². The molecule has 3 rings (SSSR count). The second kappa shape index (κ2) is 8.19. The summed E-state index contributed by atoms with van der Waals surface area (Å²) in [7, 11) is 0. The number of ketones is 1. The monoisotopic (exact) mass is 383 g/mol.